The van der Waals surface area contributed by atoms with E-state index in [2.05, 4.69) is 20.8 Å². The van der Waals surface area contributed by atoms with E-state index in [9.17, 15) is 9.00 Å². The van der Waals surface area contributed by atoms with Crippen LogP contribution in [0.15, 0.2) is 4.52 Å². The molecule has 0 radical (unpaired) electrons. The van der Waals surface area contributed by atoms with Crippen LogP contribution in [-0.2, 0) is 17.2 Å². The highest BCUT2D eigenvalue weighted by atomic mass is 32.2. The Balaban J connectivity index is 2.08. The summed E-state index contributed by atoms with van der Waals surface area (Å²) in [5.41, 5.74) is 0. The topological polar surface area (TPSA) is 97.1 Å². The summed E-state index contributed by atoms with van der Waals surface area (Å²) in [6, 6.07) is -0.248. The highest BCUT2D eigenvalue weighted by Crippen LogP contribution is 2.10. The first-order chi connectivity index (χ1) is 9.79. The van der Waals surface area contributed by atoms with Crippen LogP contribution in [-0.4, -0.2) is 44.0 Å². The number of urea groups is 1. The van der Waals surface area contributed by atoms with E-state index in [0.29, 0.717) is 37.0 Å². The summed E-state index contributed by atoms with van der Waals surface area (Å²) in [7, 11) is -0.954. The number of rotatable bonds is 7. The lowest BCUT2D eigenvalue weighted by Gasteiger charge is -2.17. The molecule has 120 valence electrons. The lowest BCUT2D eigenvalue weighted by Crippen LogP contribution is -2.39. The van der Waals surface area contributed by atoms with Crippen molar-refractivity contribution in [1.82, 2.24) is 20.8 Å². The number of nitrogens with one attached hydrogen (secondary N) is 2. The molecule has 0 aromatic carbocycles. The molecule has 0 unspecified atom stereocenters. The molecule has 1 rings (SSSR count). The van der Waals surface area contributed by atoms with Gasteiger partial charge in [0.1, 0.15) is 0 Å². The predicted octanol–water partition coefficient (Wildman–Crippen LogP) is 1.16. The van der Waals surface area contributed by atoms with E-state index >= 15 is 0 Å². The van der Waals surface area contributed by atoms with E-state index in [1.54, 1.807) is 6.92 Å². The maximum atomic E-state index is 11.8. The largest absolute Gasteiger partial charge is 0.339 e. The van der Waals surface area contributed by atoms with Crippen LogP contribution in [0.4, 0.5) is 4.79 Å². The van der Waals surface area contributed by atoms with Gasteiger partial charge in [-0.15, -0.1) is 0 Å². The van der Waals surface area contributed by atoms with Crippen molar-refractivity contribution in [2.24, 2.45) is 0 Å². The van der Waals surface area contributed by atoms with Crippen molar-refractivity contribution in [1.29, 1.82) is 0 Å². The minimum atomic E-state index is -0.954. The Bertz CT molecular complexity index is 482. The van der Waals surface area contributed by atoms with Gasteiger partial charge in [0.05, 0.1) is 0 Å². The molecular formula is C13H24N4O3S. The molecule has 0 aliphatic carbocycles. The van der Waals surface area contributed by atoms with Crippen molar-refractivity contribution in [3.63, 3.8) is 0 Å². The third-order valence-electron chi connectivity index (χ3n) is 2.68. The highest BCUT2D eigenvalue weighted by Gasteiger charge is 2.18. The normalized spacial score (nSPS) is 13.0. The molecule has 21 heavy (non-hydrogen) atoms. The molecule has 1 aromatic rings. The van der Waals surface area contributed by atoms with Crippen LogP contribution in [0.3, 0.4) is 0 Å². The van der Waals surface area contributed by atoms with Crippen molar-refractivity contribution in [3.8, 4) is 0 Å². The molecule has 1 heterocycles. The van der Waals surface area contributed by atoms with E-state index in [1.807, 2.05) is 20.8 Å². The number of carbonyl (C=O) groups is 1. The number of carbonyl (C=O) groups excluding carboxylic acids is 1. The van der Waals surface area contributed by atoms with Gasteiger partial charge in [0, 0.05) is 40.8 Å². The molecule has 2 amide bonds. The molecule has 7 nitrogen and oxygen atoms in total. The molecule has 0 fully saturated rings. The zero-order valence-electron chi connectivity index (χ0n) is 13.1. The van der Waals surface area contributed by atoms with Gasteiger partial charge in [-0.05, 0) is 34.1 Å². The molecule has 1 atom stereocenters. The zero-order valence-corrected chi connectivity index (χ0v) is 13.9. The van der Waals surface area contributed by atoms with Crippen LogP contribution >= 0.6 is 0 Å². The van der Waals surface area contributed by atoms with Crippen LogP contribution in [0.2, 0.25) is 0 Å². The lowest BCUT2D eigenvalue weighted by molar-refractivity contribution is 0.241. The van der Waals surface area contributed by atoms with E-state index in [1.165, 1.54) is 0 Å². The van der Waals surface area contributed by atoms with Gasteiger partial charge in [-0.3, -0.25) is 4.21 Å². The molecule has 8 heteroatoms. The second-order valence-electron chi connectivity index (χ2n) is 5.68. The maximum Gasteiger partial charge on any atom is 0.314 e. The summed E-state index contributed by atoms with van der Waals surface area (Å²) in [4.78, 5) is 15.6. The summed E-state index contributed by atoms with van der Waals surface area (Å²) in [5.74, 6) is 1.65. The summed E-state index contributed by atoms with van der Waals surface area (Å²) < 4.78 is 16.5. The van der Waals surface area contributed by atoms with Crippen molar-refractivity contribution in [3.05, 3.63) is 11.7 Å². The fourth-order valence-electron chi connectivity index (χ4n) is 1.51. The smallest absolute Gasteiger partial charge is 0.314 e. The van der Waals surface area contributed by atoms with Crippen molar-refractivity contribution >= 4 is 16.8 Å². The van der Waals surface area contributed by atoms with Gasteiger partial charge in [-0.25, -0.2) is 4.79 Å². The van der Waals surface area contributed by atoms with Gasteiger partial charge in [-0.1, -0.05) is 5.16 Å². The average Bonchev–Trinajstić information content (AvgIpc) is 2.79. The van der Waals surface area contributed by atoms with Gasteiger partial charge in [-0.2, -0.15) is 4.98 Å². The number of amides is 2. The third-order valence-corrected chi connectivity index (χ3v) is 4.62. The Labute approximate surface area is 127 Å². The highest BCUT2D eigenvalue weighted by molar-refractivity contribution is 7.86. The summed E-state index contributed by atoms with van der Waals surface area (Å²) >= 11 is 0. The summed E-state index contributed by atoms with van der Waals surface area (Å²) in [6.07, 6.45) is 1.36. The number of hydrogen-bond donors (Lipinski definition) is 2. The minimum absolute atomic E-state index is 0.248. The predicted molar refractivity (Wildman–Crippen MR) is 81.5 cm³/mol. The molecule has 1 aromatic heterocycles. The van der Waals surface area contributed by atoms with Crippen LogP contribution < -0.4 is 10.6 Å². The molecule has 2 N–H and O–H groups in total. The number of aryl methyl sites for hydroxylation is 2. The second kappa shape index (κ2) is 8.11. The van der Waals surface area contributed by atoms with E-state index in [-0.39, 0.29) is 10.8 Å². The third kappa shape index (κ3) is 7.22. The van der Waals surface area contributed by atoms with Crippen LogP contribution in [0.5, 0.6) is 0 Å². The summed E-state index contributed by atoms with van der Waals surface area (Å²) in [6.45, 7) is 8.45. The first-order valence-electron chi connectivity index (χ1n) is 6.98. The molecule has 0 bridgehead atoms. The van der Waals surface area contributed by atoms with Crippen LogP contribution in [0, 0.1) is 6.92 Å². The maximum absolute atomic E-state index is 11.8. The molecule has 0 spiro atoms. The van der Waals surface area contributed by atoms with E-state index in [4.69, 9.17) is 4.52 Å². The first-order valence-corrected chi connectivity index (χ1v) is 8.30. The Morgan fingerprint density at radius 1 is 1.29 bits per heavy atom. The Kier molecular flexibility index (Phi) is 6.80. The number of hydrogen-bond acceptors (Lipinski definition) is 5. The van der Waals surface area contributed by atoms with E-state index < -0.39 is 10.8 Å². The SMILES string of the molecule is Cc1noc(CCCNC(=O)NCC[S@](=O)C(C)(C)C)n1. The molecule has 0 saturated heterocycles. The van der Waals surface area contributed by atoms with Gasteiger partial charge < -0.3 is 15.2 Å². The number of nitrogens with zero attached hydrogens (tertiary/aromatic N) is 2. The van der Waals surface area contributed by atoms with E-state index in [0.717, 1.165) is 6.42 Å². The number of aromatic nitrogens is 2. The van der Waals surface area contributed by atoms with Gasteiger partial charge in [0.25, 0.3) is 0 Å². The zero-order chi connectivity index (χ0) is 15.9. The lowest BCUT2D eigenvalue weighted by atomic mass is 10.3. The van der Waals surface area contributed by atoms with Crippen molar-refractivity contribution in [2.75, 3.05) is 18.8 Å². The second-order valence-corrected chi connectivity index (χ2v) is 8.01. The monoisotopic (exact) mass is 316 g/mol. The average molecular weight is 316 g/mol. The molecule has 0 aliphatic heterocycles. The minimum Gasteiger partial charge on any atom is -0.339 e. The van der Waals surface area contributed by atoms with Gasteiger partial charge >= 0.3 is 6.03 Å². The van der Waals surface area contributed by atoms with Crippen LogP contribution in [0.1, 0.15) is 38.9 Å². The fourth-order valence-corrected chi connectivity index (χ4v) is 2.41. The van der Waals surface area contributed by atoms with Gasteiger partial charge in [0.2, 0.25) is 5.89 Å². The Morgan fingerprint density at radius 2 is 1.95 bits per heavy atom. The fraction of sp³-hybridized carbons (Fsp3) is 0.769. The quantitative estimate of drug-likeness (QED) is 0.736. The van der Waals surface area contributed by atoms with Crippen molar-refractivity contribution < 1.29 is 13.5 Å². The molecule has 0 saturated carbocycles. The van der Waals surface area contributed by atoms with Gasteiger partial charge in [0.15, 0.2) is 5.82 Å². The molecule has 0 aliphatic rings. The van der Waals surface area contributed by atoms with Crippen molar-refractivity contribution in [2.45, 2.75) is 45.3 Å². The Morgan fingerprint density at radius 3 is 2.52 bits per heavy atom. The first kappa shape index (κ1) is 17.6. The Hall–Kier alpha value is -1.44. The molecular weight excluding hydrogens is 292 g/mol. The standard InChI is InChI=1S/C13H24N4O3S/c1-10-16-11(20-17-10)6-5-7-14-12(18)15-8-9-21(19)13(2,3)4/h5-9H2,1-4H3,(H2,14,15,18)/t21-/m0/s1. The summed E-state index contributed by atoms with van der Waals surface area (Å²) in [5, 5.41) is 9.12. The van der Waals surface area contributed by atoms with Crippen LogP contribution in [0.25, 0.3) is 0 Å².